The van der Waals surface area contributed by atoms with E-state index in [1.807, 2.05) is 6.92 Å². The molecule has 2 heteroatoms. The molecule has 0 N–H and O–H groups in total. The van der Waals surface area contributed by atoms with Gasteiger partial charge in [-0.15, -0.1) is 0 Å². The van der Waals surface area contributed by atoms with Gasteiger partial charge in [-0.2, -0.15) is 0 Å². The number of rotatable bonds is 6. The highest BCUT2D eigenvalue weighted by Gasteiger charge is 2.48. The van der Waals surface area contributed by atoms with Gasteiger partial charge in [-0.05, 0) is 62.2 Å². The molecule has 0 radical (unpaired) electrons. The average Bonchev–Trinajstić information content (AvgIpc) is 3.12. The van der Waals surface area contributed by atoms with Crippen molar-refractivity contribution in [1.82, 2.24) is 0 Å². The first kappa shape index (κ1) is 14.3. The van der Waals surface area contributed by atoms with Crippen LogP contribution in [0.2, 0.25) is 0 Å². The molecule has 0 aromatic carbocycles. The van der Waals surface area contributed by atoms with Gasteiger partial charge in [0.25, 0.3) is 0 Å². The van der Waals surface area contributed by atoms with Gasteiger partial charge < -0.3 is 4.74 Å². The third-order valence-corrected chi connectivity index (χ3v) is 5.29. The van der Waals surface area contributed by atoms with Crippen molar-refractivity contribution in [2.75, 3.05) is 13.2 Å². The van der Waals surface area contributed by atoms with Crippen molar-refractivity contribution in [3.63, 3.8) is 0 Å². The Morgan fingerprint density at radius 2 is 1.94 bits per heavy atom. The molecule has 2 aliphatic carbocycles. The quantitative estimate of drug-likeness (QED) is 0.638. The summed E-state index contributed by atoms with van der Waals surface area (Å²) < 4.78 is 19.7. The van der Waals surface area contributed by atoms with Crippen LogP contribution in [0, 0.1) is 29.6 Å². The lowest BCUT2D eigenvalue weighted by Crippen LogP contribution is -2.36. The van der Waals surface area contributed by atoms with Crippen LogP contribution in [-0.2, 0) is 4.74 Å². The van der Waals surface area contributed by atoms with Gasteiger partial charge in [0.15, 0.2) is 0 Å². The Balaban J connectivity index is 1.82. The number of ether oxygens (including phenoxy) is 1. The standard InChI is InChI=1S/C16H29FO/c1-4-13-14(7-6-11(3)16(13)17)15-10-12(15)8-9-18-5-2/h11-16H,4-10H2,1-3H3/t11?,12?,13?,14-,15?,16+/m1/s1. The van der Waals surface area contributed by atoms with Crippen molar-refractivity contribution in [3.8, 4) is 0 Å². The summed E-state index contributed by atoms with van der Waals surface area (Å²) in [6.45, 7) is 8.02. The van der Waals surface area contributed by atoms with E-state index in [0.717, 1.165) is 37.9 Å². The van der Waals surface area contributed by atoms with Crippen LogP contribution >= 0.6 is 0 Å². The maximum Gasteiger partial charge on any atom is 0.106 e. The summed E-state index contributed by atoms with van der Waals surface area (Å²) >= 11 is 0. The summed E-state index contributed by atoms with van der Waals surface area (Å²) in [4.78, 5) is 0. The van der Waals surface area contributed by atoms with E-state index in [2.05, 4.69) is 13.8 Å². The summed E-state index contributed by atoms with van der Waals surface area (Å²) in [5, 5.41) is 0. The first-order chi connectivity index (χ1) is 8.69. The van der Waals surface area contributed by atoms with E-state index in [0.29, 0.717) is 11.8 Å². The molecule has 0 aromatic heterocycles. The first-order valence-electron chi connectivity index (χ1n) is 7.90. The summed E-state index contributed by atoms with van der Waals surface area (Å²) in [7, 11) is 0. The zero-order valence-corrected chi connectivity index (χ0v) is 12.2. The third kappa shape index (κ3) is 3.07. The molecule has 0 aliphatic heterocycles. The van der Waals surface area contributed by atoms with Crippen molar-refractivity contribution in [3.05, 3.63) is 0 Å². The predicted molar refractivity (Wildman–Crippen MR) is 73.3 cm³/mol. The lowest BCUT2D eigenvalue weighted by Gasteiger charge is -2.38. The van der Waals surface area contributed by atoms with Gasteiger partial charge in [0, 0.05) is 13.2 Å². The van der Waals surface area contributed by atoms with Gasteiger partial charge in [0.05, 0.1) is 0 Å². The molecule has 2 aliphatic rings. The highest BCUT2D eigenvalue weighted by atomic mass is 19.1. The molecule has 0 amide bonds. The van der Waals surface area contributed by atoms with Crippen molar-refractivity contribution in [2.24, 2.45) is 29.6 Å². The minimum absolute atomic E-state index is 0.284. The molecule has 4 unspecified atom stereocenters. The van der Waals surface area contributed by atoms with E-state index in [4.69, 9.17) is 4.74 Å². The normalized spacial score (nSPS) is 44.0. The van der Waals surface area contributed by atoms with E-state index in [-0.39, 0.29) is 5.92 Å². The molecule has 18 heavy (non-hydrogen) atoms. The molecular formula is C16H29FO. The predicted octanol–water partition coefficient (Wildman–Crippen LogP) is 4.46. The van der Waals surface area contributed by atoms with Crippen LogP contribution in [0.25, 0.3) is 0 Å². The molecule has 1 nitrogen and oxygen atoms in total. The smallest absolute Gasteiger partial charge is 0.106 e. The van der Waals surface area contributed by atoms with Crippen molar-refractivity contribution >= 4 is 0 Å². The van der Waals surface area contributed by atoms with Gasteiger partial charge in [-0.3, -0.25) is 0 Å². The Morgan fingerprint density at radius 3 is 2.61 bits per heavy atom. The topological polar surface area (TPSA) is 9.23 Å². The number of hydrogen-bond donors (Lipinski definition) is 0. The molecule has 0 heterocycles. The highest BCUT2D eigenvalue weighted by Crippen LogP contribution is 2.54. The van der Waals surface area contributed by atoms with Crippen LogP contribution in [0.1, 0.15) is 52.9 Å². The van der Waals surface area contributed by atoms with E-state index < -0.39 is 6.17 Å². The first-order valence-corrected chi connectivity index (χ1v) is 7.90. The van der Waals surface area contributed by atoms with Gasteiger partial charge in [-0.1, -0.05) is 20.3 Å². The largest absolute Gasteiger partial charge is 0.382 e. The van der Waals surface area contributed by atoms with Crippen molar-refractivity contribution < 1.29 is 9.13 Å². The minimum Gasteiger partial charge on any atom is -0.382 e. The van der Waals surface area contributed by atoms with E-state index in [1.165, 1.54) is 19.3 Å². The number of alkyl halides is 1. The third-order valence-electron chi connectivity index (χ3n) is 5.29. The number of halogens is 1. The van der Waals surface area contributed by atoms with E-state index in [1.54, 1.807) is 0 Å². The zero-order chi connectivity index (χ0) is 13.1. The Labute approximate surface area is 111 Å². The molecule has 0 bridgehead atoms. The molecule has 0 saturated heterocycles. The Bertz CT molecular complexity index is 255. The van der Waals surface area contributed by atoms with Crippen LogP contribution < -0.4 is 0 Å². The average molecular weight is 256 g/mol. The van der Waals surface area contributed by atoms with Crippen LogP contribution in [0.5, 0.6) is 0 Å². The van der Waals surface area contributed by atoms with Crippen LogP contribution in [0.4, 0.5) is 4.39 Å². The molecule has 0 aromatic rings. The summed E-state index contributed by atoms with van der Waals surface area (Å²) in [5.41, 5.74) is 0. The molecule has 2 saturated carbocycles. The van der Waals surface area contributed by atoms with Crippen LogP contribution in [0.15, 0.2) is 0 Å². The van der Waals surface area contributed by atoms with Crippen LogP contribution in [0.3, 0.4) is 0 Å². The highest BCUT2D eigenvalue weighted by molar-refractivity contribution is 4.97. The van der Waals surface area contributed by atoms with Crippen molar-refractivity contribution in [1.29, 1.82) is 0 Å². The van der Waals surface area contributed by atoms with Gasteiger partial charge in [-0.25, -0.2) is 4.39 Å². The van der Waals surface area contributed by atoms with E-state index >= 15 is 0 Å². The fourth-order valence-electron chi connectivity index (χ4n) is 4.05. The fourth-order valence-corrected chi connectivity index (χ4v) is 4.05. The lowest BCUT2D eigenvalue weighted by atomic mass is 9.69. The maximum absolute atomic E-state index is 14.3. The molecule has 2 rings (SSSR count). The summed E-state index contributed by atoms with van der Waals surface area (Å²) in [5.74, 6) is 2.91. The fraction of sp³-hybridized carbons (Fsp3) is 1.00. The Morgan fingerprint density at radius 1 is 1.17 bits per heavy atom. The molecule has 2 fully saturated rings. The molecule has 106 valence electrons. The van der Waals surface area contributed by atoms with Gasteiger partial charge in [0.1, 0.15) is 6.17 Å². The lowest BCUT2D eigenvalue weighted by molar-refractivity contribution is 0.0430. The monoisotopic (exact) mass is 256 g/mol. The maximum atomic E-state index is 14.3. The van der Waals surface area contributed by atoms with Crippen LogP contribution in [-0.4, -0.2) is 19.4 Å². The minimum atomic E-state index is -0.554. The second kappa shape index (κ2) is 6.36. The second-order valence-electron chi connectivity index (χ2n) is 6.38. The van der Waals surface area contributed by atoms with E-state index in [9.17, 15) is 4.39 Å². The summed E-state index contributed by atoms with van der Waals surface area (Å²) in [6, 6.07) is 0. The van der Waals surface area contributed by atoms with Gasteiger partial charge in [0.2, 0.25) is 0 Å². The van der Waals surface area contributed by atoms with Crippen molar-refractivity contribution in [2.45, 2.75) is 59.0 Å². The van der Waals surface area contributed by atoms with Gasteiger partial charge >= 0.3 is 0 Å². The molecule has 6 atom stereocenters. The SMILES string of the molecule is CCOCCC1CC1[C@@H]1CCC(C)[C@H](F)C1CC. The Hall–Kier alpha value is -0.110. The second-order valence-corrected chi connectivity index (χ2v) is 6.38. The molecule has 0 spiro atoms. The zero-order valence-electron chi connectivity index (χ0n) is 12.2. The number of hydrogen-bond acceptors (Lipinski definition) is 1. The Kier molecular flexibility index (Phi) is 5.06. The summed E-state index contributed by atoms with van der Waals surface area (Å²) in [6.07, 6.45) is 5.34. The molecular weight excluding hydrogens is 227 g/mol.